The van der Waals surface area contributed by atoms with Gasteiger partial charge in [0.05, 0.1) is 5.56 Å². The fourth-order valence-corrected chi connectivity index (χ4v) is 4.96. The zero-order valence-corrected chi connectivity index (χ0v) is 20.5. The third kappa shape index (κ3) is 6.10. The van der Waals surface area contributed by atoms with Crippen LogP contribution in [0.15, 0.2) is 30.3 Å². The minimum absolute atomic E-state index is 0.0152. The molecule has 2 aliphatic heterocycles. The summed E-state index contributed by atoms with van der Waals surface area (Å²) in [6.45, 7) is 4.12. The molecule has 2 aliphatic rings. The van der Waals surface area contributed by atoms with Crippen molar-refractivity contribution in [3.05, 3.63) is 52.8 Å². The third-order valence-electron chi connectivity index (χ3n) is 6.86. The largest absolute Gasteiger partial charge is 0.451 e. The number of esters is 1. The molecule has 0 aliphatic carbocycles. The Hall–Kier alpha value is -3.47. The predicted molar refractivity (Wildman–Crippen MR) is 129 cm³/mol. The summed E-state index contributed by atoms with van der Waals surface area (Å²) in [7, 11) is 0. The molecule has 0 bridgehead atoms. The summed E-state index contributed by atoms with van der Waals surface area (Å²) in [4.78, 5) is 45.8. The number of ether oxygens (including phenoxy) is 1. The number of hydrogen-bond acceptors (Lipinski definition) is 6. The number of carbonyl (C=O) groups excluding carboxylic acids is 3. The number of nitrogens with two attached hydrogens (primary N) is 1. The lowest BCUT2D eigenvalue weighted by Crippen LogP contribution is -2.46. The van der Waals surface area contributed by atoms with Crippen LogP contribution in [-0.2, 0) is 15.7 Å². The number of likely N-dealkylation sites (tertiary alicyclic amines) is 2. The first-order chi connectivity index (χ1) is 17.5. The molecule has 0 atom stereocenters. The van der Waals surface area contributed by atoms with E-state index < -0.39 is 30.2 Å². The van der Waals surface area contributed by atoms with Crippen molar-refractivity contribution in [1.82, 2.24) is 14.8 Å². The van der Waals surface area contributed by atoms with Gasteiger partial charge in [0.15, 0.2) is 12.3 Å². The lowest BCUT2D eigenvalue weighted by atomic mass is 9.98. The van der Waals surface area contributed by atoms with Crippen LogP contribution in [-0.4, -0.2) is 71.4 Å². The average Bonchev–Trinajstić information content (AvgIpc) is 3.41. The number of halogens is 3. The van der Waals surface area contributed by atoms with Crippen molar-refractivity contribution in [1.29, 1.82) is 0 Å². The molecule has 2 aromatic rings. The highest BCUT2D eigenvalue weighted by molar-refractivity contribution is 6.00. The van der Waals surface area contributed by atoms with Crippen molar-refractivity contribution >= 4 is 17.8 Å². The molecule has 1 aromatic heterocycles. The number of nitrogens with zero attached hydrogens (tertiary/aromatic N) is 3. The molecule has 1 aromatic carbocycles. The molecular formula is C26H29F3N4O4. The van der Waals surface area contributed by atoms with Crippen LogP contribution in [0.4, 0.5) is 13.2 Å². The fourth-order valence-electron chi connectivity index (χ4n) is 4.96. The second-order valence-electron chi connectivity index (χ2n) is 9.44. The van der Waals surface area contributed by atoms with Crippen LogP contribution in [0.5, 0.6) is 0 Å². The molecule has 11 heteroatoms. The Morgan fingerprint density at radius 3 is 2.35 bits per heavy atom. The van der Waals surface area contributed by atoms with Gasteiger partial charge in [-0.25, -0.2) is 9.78 Å². The third-order valence-corrected chi connectivity index (χ3v) is 6.86. The summed E-state index contributed by atoms with van der Waals surface area (Å²) < 4.78 is 44.9. The van der Waals surface area contributed by atoms with Crippen molar-refractivity contribution in [3.8, 4) is 11.1 Å². The highest BCUT2D eigenvalue weighted by Crippen LogP contribution is 2.34. The van der Waals surface area contributed by atoms with E-state index in [4.69, 9.17) is 10.5 Å². The number of carbonyl (C=O) groups is 3. The summed E-state index contributed by atoms with van der Waals surface area (Å²) in [5.41, 5.74) is 4.36. The quantitative estimate of drug-likeness (QED) is 0.588. The second kappa shape index (κ2) is 10.9. The van der Waals surface area contributed by atoms with E-state index in [0.717, 1.165) is 38.1 Å². The summed E-state index contributed by atoms with van der Waals surface area (Å²) in [6.07, 6.45) is -0.548. The van der Waals surface area contributed by atoms with Crippen LogP contribution in [0, 0.1) is 6.92 Å². The smallest absolute Gasteiger partial charge is 0.416 e. The molecule has 2 N–H and O–H groups in total. The van der Waals surface area contributed by atoms with Gasteiger partial charge in [-0.05, 0) is 75.0 Å². The summed E-state index contributed by atoms with van der Waals surface area (Å²) in [6, 6.07) is 6.32. The highest BCUT2D eigenvalue weighted by Gasteiger charge is 2.33. The van der Waals surface area contributed by atoms with Gasteiger partial charge in [0.2, 0.25) is 0 Å². The van der Waals surface area contributed by atoms with E-state index in [1.54, 1.807) is 11.8 Å². The topological polar surface area (TPSA) is 106 Å². The molecular weight excluding hydrogens is 489 g/mol. The Labute approximate surface area is 212 Å². The number of aryl methyl sites for hydroxylation is 1. The first-order valence-corrected chi connectivity index (χ1v) is 12.2. The zero-order chi connectivity index (χ0) is 26.7. The number of hydrogen-bond donors (Lipinski definition) is 1. The average molecular weight is 519 g/mol. The molecule has 8 nitrogen and oxygen atoms in total. The van der Waals surface area contributed by atoms with Gasteiger partial charge in [0.25, 0.3) is 11.8 Å². The van der Waals surface area contributed by atoms with Crippen LogP contribution in [0.2, 0.25) is 0 Å². The fraction of sp³-hybridized carbons (Fsp3) is 0.462. The van der Waals surface area contributed by atoms with Crippen LogP contribution in [0.25, 0.3) is 11.1 Å². The summed E-state index contributed by atoms with van der Waals surface area (Å²) in [5, 5.41) is 0. The van der Waals surface area contributed by atoms with Crippen molar-refractivity contribution in [2.45, 2.75) is 44.8 Å². The van der Waals surface area contributed by atoms with E-state index in [1.165, 1.54) is 31.0 Å². The lowest BCUT2D eigenvalue weighted by molar-refractivity contribution is -0.137. The normalized spacial score (nSPS) is 17.1. The maximum Gasteiger partial charge on any atom is 0.416 e. The van der Waals surface area contributed by atoms with E-state index in [0.29, 0.717) is 24.7 Å². The van der Waals surface area contributed by atoms with Gasteiger partial charge in [-0.3, -0.25) is 9.59 Å². The van der Waals surface area contributed by atoms with E-state index in [9.17, 15) is 27.6 Å². The van der Waals surface area contributed by atoms with Gasteiger partial charge in [0, 0.05) is 24.7 Å². The minimum Gasteiger partial charge on any atom is -0.451 e. The molecule has 2 amide bonds. The Morgan fingerprint density at radius 2 is 1.73 bits per heavy atom. The Balaban J connectivity index is 1.65. The molecule has 3 heterocycles. The Bertz CT molecular complexity index is 1190. The van der Waals surface area contributed by atoms with Crippen molar-refractivity contribution in [3.63, 3.8) is 0 Å². The molecule has 2 fully saturated rings. The number of primary amides is 1. The molecule has 0 unspecified atom stereocenters. The number of alkyl halides is 3. The summed E-state index contributed by atoms with van der Waals surface area (Å²) in [5.74, 6) is -2.33. The highest BCUT2D eigenvalue weighted by atomic mass is 19.4. The van der Waals surface area contributed by atoms with E-state index in [1.807, 2.05) is 0 Å². The van der Waals surface area contributed by atoms with Crippen molar-refractivity contribution in [2.75, 3.05) is 32.8 Å². The number of amides is 2. The van der Waals surface area contributed by atoms with Crippen molar-refractivity contribution in [2.24, 2.45) is 5.73 Å². The molecule has 0 spiro atoms. The predicted octanol–water partition coefficient (Wildman–Crippen LogP) is 3.42. The van der Waals surface area contributed by atoms with Gasteiger partial charge < -0.3 is 20.3 Å². The van der Waals surface area contributed by atoms with Crippen molar-refractivity contribution < 1.29 is 32.3 Å². The number of aromatic nitrogens is 1. The van der Waals surface area contributed by atoms with Crippen LogP contribution in [0.1, 0.15) is 57.8 Å². The van der Waals surface area contributed by atoms with E-state index >= 15 is 0 Å². The van der Waals surface area contributed by atoms with Gasteiger partial charge >= 0.3 is 12.1 Å². The minimum atomic E-state index is -4.60. The molecule has 198 valence electrons. The zero-order valence-electron chi connectivity index (χ0n) is 20.5. The maximum atomic E-state index is 13.4. The molecule has 0 radical (unpaired) electrons. The molecule has 0 saturated carbocycles. The number of pyridine rings is 1. The van der Waals surface area contributed by atoms with Gasteiger partial charge in [-0.1, -0.05) is 12.1 Å². The van der Waals surface area contributed by atoms with Gasteiger partial charge in [-0.2, -0.15) is 13.2 Å². The second-order valence-corrected chi connectivity index (χ2v) is 9.44. The molecule has 4 rings (SSSR count). The van der Waals surface area contributed by atoms with Crippen LogP contribution < -0.4 is 5.73 Å². The monoisotopic (exact) mass is 518 g/mol. The lowest BCUT2D eigenvalue weighted by Gasteiger charge is -2.36. The van der Waals surface area contributed by atoms with E-state index in [2.05, 4.69) is 9.88 Å². The standard InChI is InChI=1S/C26H29F3N4O4/c1-16-13-20(17-5-4-6-18(14-17)26(27,28)29)23(25(36)37-15-21(30)34)31-22(16)24(35)33-11-7-19(8-12-33)32-9-2-3-10-32/h4-6,13-14,19H,2-3,7-12,15H2,1H3,(H2,30,34). The van der Waals surface area contributed by atoms with E-state index in [-0.39, 0.29) is 28.4 Å². The van der Waals surface area contributed by atoms with Crippen LogP contribution >= 0.6 is 0 Å². The van der Waals surface area contributed by atoms with Gasteiger partial charge in [0.1, 0.15) is 5.69 Å². The number of benzene rings is 1. The summed E-state index contributed by atoms with van der Waals surface area (Å²) >= 11 is 0. The Kier molecular flexibility index (Phi) is 7.82. The number of piperidine rings is 1. The number of rotatable bonds is 6. The first-order valence-electron chi connectivity index (χ1n) is 12.2. The van der Waals surface area contributed by atoms with Gasteiger partial charge in [-0.15, -0.1) is 0 Å². The Morgan fingerprint density at radius 1 is 1.05 bits per heavy atom. The molecule has 37 heavy (non-hydrogen) atoms. The SMILES string of the molecule is Cc1cc(-c2cccc(C(F)(F)F)c2)c(C(=O)OCC(N)=O)nc1C(=O)N1CCC(N2CCCC2)CC1. The van der Waals surface area contributed by atoms with Crippen LogP contribution in [0.3, 0.4) is 0 Å². The molecule has 2 saturated heterocycles. The first kappa shape index (κ1) is 26.6. The maximum absolute atomic E-state index is 13.4.